The molecule has 0 radical (unpaired) electrons. The molecule has 21 heavy (non-hydrogen) atoms. The van der Waals surface area contributed by atoms with Gasteiger partial charge in [-0.15, -0.1) is 0 Å². The van der Waals surface area contributed by atoms with Crippen LogP contribution in [0.25, 0.3) is 0 Å². The zero-order valence-electron chi connectivity index (χ0n) is 12.2. The molecule has 0 saturated carbocycles. The predicted molar refractivity (Wildman–Crippen MR) is 78.1 cm³/mol. The number of nitrogens with one attached hydrogen (secondary N) is 1. The van der Waals surface area contributed by atoms with Crippen LogP contribution in [0.2, 0.25) is 0 Å². The molecule has 0 spiro atoms. The molecule has 118 valence electrons. The van der Waals surface area contributed by atoms with E-state index >= 15 is 0 Å². The van der Waals surface area contributed by atoms with E-state index < -0.39 is 36.2 Å². The van der Waals surface area contributed by atoms with Gasteiger partial charge in [0.25, 0.3) is 5.91 Å². The zero-order valence-corrected chi connectivity index (χ0v) is 13.8. The summed E-state index contributed by atoms with van der Waals surface area (Å²) < 4.78 is 46.1. The van der Waals surface area contributed by atoms with Gasteiger partial charge >= 0.3 is 0 Å². The Morgan fingerprint density at radius 3 is 1.90 bits per heavy atom. The van der Waals surface area contributed by atoms with E-state index in [1.807, 2.05) is 0 Å². The third-order valence-corrected chi connectivity index (χ3v) is 4.37. The topological polar surface area (TPSA) is 123 Å². The van der Waals surface area contributed by atoms with Crippen molar-refractivity contribution in [1.29, 1.82) is 0 Å². The third kappa shape index (κ3) is 5.10. The largest absolute Gasteiger partial charge is 0.347 e. The van der Waals surface area contributed by atoms with Gasteiger partial charge in [0.2, 0.25) is 10.0 Å². The van der Waals surface area contributed by atoms with Crippen LogP contribution in [0.1, 0.15) is 31.1 Å². The molecule has 9 heteroatoms. The van der Waals surface area contributed by atoms with Crippen LogP contribution in [0.15, 0.2) is 28.0 Å². The zero-order chi connectivity index (χ0) is 16.6. The number of amides is 1. The molecule has 3 N–H and O–H groups in total. The Morgan fingerprint density at radius 1 is 1.05 bits per heavy atom. The number of carbonyl (C=O) groups excluding carboxylic acids is 1. The van der Waals surface area contributed by atoms with Crippen LogP contribution in [0, 0.1) is 0 Å². The van der Waals surface area contributed by atoms with E-state index in [2.05, 4.69) is 5.32 Å². The number of primary sulfonamides is 1. The molecule has 0 unspecified atom stereocenters. The molecule has 1 aromatic rings. The fourth-order valence-corrected chi connectivity index (χ4v) is 2.83. The van der Waals surface area contributed by atoms with Gasteiger partial charge in [-0.25, -0.2) is 22.0 Å². The lowest BCUT2D eigenvalue weighted by atomic mass is 10.1. The number of benzene rings is 1. The van der Waals surface area contributed by atoms with Gasteiger partial charge in [-0.2, -0.15) is 0 Å². The maximum Gasteiger partial charge on any atom is 0.251 e. The minimum absolute atomic E-state index is 0.0862. The molecule has 1 rings (SSSR count). The molecular formula is C12H18N2O5S2. The highest BCUT2D eigenvalue weighted by atomic mass is 32.2. The van der Waals surface area contributed by atoms with Crippen molar-refractivity contribution >= 4 is 25.8 Å². The average Bonchev–Trinajstić information content (AvgIpc) is 2.23. The van der Waals surface area contributed by atoms with Crippen LogP contribution < -0.4 is 10.5 Å². The van der Waals surface area contributed by atoms with Crippen LogP contribution in [0.4, 0.5) is 0 Å². The van der Waals surface area contributed by atoms with Crippen molar-refractivity contribution in [2.75, 3.05) is 6.26 Å². The maximum absolute atomic E-state index is 12.1. The molecule has 1 amide bonds. The molecule has 0 saturated heterocycles. The molecule has 0 bridgehead atoms. The van der Waals surface area contributed by atoms with Crippen molar-refractivity contribution in [3.05, 3.63) is 23.8 Å². The van der Waals surface area contributed by atoms with E-state index in [1.165, 1.54) is 0 Å². The van der Waals surface area contributed by atoms with Gasteiger partial charge in [0.1, 0.15) is 0 Å². The summed E-state index contributed by atoms with van der Waals surface area (Å²) >= 11 is 0. The highest BCUT2D eigenvalue weighted by molar-refractivity contribution is 7.91. The van der Waals surface area contributed by atoms with Crippen molar-refractivity contribution < 1.29 is 21.6 Å². The first kappa shape index (κ1) is 17.6. The second-order valence-corrected chi connectivity index (χ2v) is 9.29. The van der Waals surface area contributed by atoms with E-state index in [4.69, 9.17) is 5.14 Å². The van der Waals surface area contributed by atoms with Gasteiger partial charge in [-0.3, -0.25) is 4.79 Å². The minimum Gasteiger partial charge on any atom is -0.347 e. The van der Waals surface area contributed by atoms with E-state index in [0.717, 1.165) is 24.5 Å². The Kier molecular flexibility index (Phi) is 4.52. The van der Waals surface area contributed by atoms with E-state index in [9.17, 15) is 21.6 Å². The molecule has 0 aromatic heterocycles. The number of rotatable bonds is 3. The van der Waals surface area contributed by atoms with Crippen molar-refractivity contribution in [2.45, 2.75) is 36.1 Å². The number of hydrogen-bond donors (Lipinski definition) is 2. The molecular weight excluding hydrogens is 316 g/mol. The van der Waals surface area contributed by atoms with E-state index in [-0.39, 0.29) is 10.5 Å². The molecule has 7 nitrogen and oxygen atoms in total. The number of hydrogen-bond acceptors (Lipinski definition) is 5. The summed E-state index contributed by atoms with van der Waals surface area (Å²) in [6.45, 7) is 5.23. The highest BCUT2D eigenvalue weighted by Crippen LogP contribution is 2.19. The Balaban J connectivity index is 3.50. The normalized spacial score (nSPS) is 13.0. The first-order valence-electron chi connectivity index (χ1n) is 5.91. The summed E-state index contributed by atoms with van der Waals surface area (Å²) in [5, 5.41) is 7.63. The molecule has 0 fully saturated rings. The molecule has 0 aliphatic heterocycles. The van der Waals surface area contributed by atoms with E-state index in [1.54, 1.807) is 20.8 Å². The quantitative estimate of drug-likeness (QED) is 0.821. The van der Waals surface area contributed by atoms with Gasteiger partial charge in [-0.05, 0) is 39.0 Å². The monoisotopic (exact) mass is 334 g/mol. The lowest BCUT2D eigenvalue weighted by molar-refractivity contribution is 0.0919. The smallest absolute Gasteiger partial charge is 0.251 e. The van der Waals surface area contributed by atoms with Crippen LogP contribution >= 0.6 is 0 Å². The van der Waals surface area contributed by atoms with Crippen LogP contribution in [0.5, 0.6) is 0 Å². The number of carbonyl (C=O) groups is 1. The van der Waals surface area contributed by atoms with Crippen molar-refractivity contribution in [3.63, 3.8) is 0 Å². The summed E-state index contributed by atoms with van der Waals surface area (Å²) in [5.41, 5.74) is -0.642. The highest BCUT2D eigenvalue weighted by Gasteiger charge is 2.21. The van der Waals surface area contributed by atoms with Crippen LogP contribution in [-0.4, -0.2) is 34.5 Å². The number of nitrogens with two attached hydrogens (primary N) is 1. The maximum atomic E-state index is 12.1. The Morgan fingerprint density at radius 2 is 1.52 bits per heavy atom. The van der Waals surface area contributed by atoms with E-state index in [0.29, 0.717) is 0 Å². The Hall–Kier alpha value is -1.45. The Bertz CT molecular complexity index is 724. The fourth-order valence-electron chi connectivity index (χ4n) is 1.49. The summed E-state index contributed by atoms with van der Waals surface area (Å²) in [7, 11) is -7.82. The van der Waals surface area contributed by atoms with Crippen LogP contribution in [0.3, 0.4) is 0 Å². The summed E-state index contributed by atoms with van der Waals surface area (Å²) in [6, 6.07) is 3.09. The number of sulfonamides is 1. The van der Waals surface area contributed by atoms with Crippen molar-refractivity contribution in [3.8, 4) is 0 Å². The predicted octanol–water partition coefficient (Wildman–Crippen LogP) is 0.266. The van der Waals surface area contributed by atoms with Gasteiger partial charge < -0.3 is 5.32 Å². The molecule has 0 aliphatic rings. The SMILES string of the molecule is CC(C)(C)NC(=O)c1cc(S(C)(=O)=O)cc(S(N)(=O)=O)c1. The molecule has 1 aromatic carbocycles. The van der Waals surface area contributed by atoms with Gasteiger partial charge in [0, 0.05) is 17.4 Å². The average molecular weight is 334 g/mol. The lowest BCUT2D eigenvalue weighted by Gasteiger charge is -2.20. The minimum atomic E-state index is -4.13. The van der Waals surface area contributed by atoms with Gasteiger partial charge in [0.15, 0.2) is 9.84 Å². The third-order valence-electron chi connectivity index (χ3n) is 2.39. The molecule has 0 atom stereocenters. The summed E-state index contributed by atoms with van der Waals surface area (Å²) in [5.74, 6) is -0.585. The van der Waals surface area contributed by atoms with Crippen LogP contribution in [-0.2, 0) is 19.9 Å². The molecule has 0 heterocycles. The fraction of sp³-hybridized carbons (Fsp3) is 0.417. The molecule has 0 aliphatic carbocycles. The van der Waals surface area contributed by atoms with Crippen molar-refractivity contribution in [2.24, 2.45) is 5.14 Å². The Labute approximate surface area is 124 Å². The van der Waals surface area contributed by atoms with Gasteiger partial charge in [0.05, 0.1) is 9.79 Å². The lowest BCUT2D eigenvalue weighted by Crippen LogP contribution is -2.40. The van der Waals surface area contributed by atoms with Gasteiger partial charge in [-0.1, -0.05) is 0 Å². The summed E-state index contributed by atoms with van der Waals surface area (Å²) in [4.78, 5) is 11.4. The van der Waals surface area contributed by atoms with Crippen molar-refractivity contribution in [1.82, 2.24) is 5.32 Å². The first-order valence-corrected chi connectivity index (χ1v) is 9.34. The second-order valence-electron chi connectivity index (χ2n) is 5.71. The standard InChI is InChI=1S/C12H18N2O5S2/c1-12(2,3)14-11(15)8-5-9(20(4,16)17)7-10(6-8)21(13,18)19/h5-7H,1-4H3,(H,14,15)(H2,13,18,19). The number of sulfone groups is 1. The summed E-state index contributed by atoms with van der Waals surface area (Å²) in [6.07, 6.45) is 0.917. The second kappa shape index (κ2) is 5.39. The first-order chi connectivity index (χ1) is 9.20.